The highest BCUT2D eigenvalue weighted by molar-refractivity contribution is 6.30. The van der Waals surface area contributed by atoms with Crippen LogP contribution in [0.5, 0.6) is 11.5 Å². The summed E-state index contributed by atoms with van der Waals surface area (Å²) >= 11 is 6.06. The predicted octanol–water partition coefficient (Wildman–Crippen LogP) is 3.93. The van der Waals surface area contributed by atoms with Crippen molar-refractivity contribution in [3.05, 3.63) is 63.7 Å². The van der Waals surface area contributed by atoms with Crippen LogP contribution in [0.2, 0.25) is 5.02 Å². The SMILES string of the molecule is CC(=O)c1ccc(OCC2CN(C(=O)C3=Cc4cc(Cl)ccc4OC3)CCO2)cc1C. The number of carbonyl (C=O) groups excluding carboxylic acids is 2. The van der Waals surface area contributed by atoms with Crippen LogP contribution in [0.15, 0.2) is 42.0 Å². The maximum atomic E-state index is 13.0. The Kier molecular flexibility index (Phi) is 6.30. The van der Waals surface area contributed by atoms with E-state index in [1.165, 1.54) is 0 Å². The minimum atomic E-state index is -0.239. The van der Waals surface area contributed by atoms with Crippen LogP contribution in [0.3, 0.4) is 0 Å². The van der Waals surface area contributed by atoms with Gasteiger partial charge in [0.05, 0.1) is 18.7 Å². The van der Waals surface area contributed by atoms with Crippen LogP contribution in [0.25, 0.3) is 6.08 Å². The first-order valence-electron chi connectivity index (χ1n) is 10.2. The Morgan fingerprint density at radius 2 is 2.06 bits per heavy atom. The quantitative estimate of drug-likeness (QED) is 0.658. The second kappa shape index (κ2) is 9.12. The van der Waals surface area contributed by atoms with Gasteiger partial charge in [-0.2, -0.15) is 0 Å². The van der Waals surface area contributed by atoms with Gasteiger partial charge >= 0.3 is 0 Å². The number of ether oxygens (including phenoxy) is 3. The number of rotatable bonds is 5. The summed E-state index contributed by atoms with van der Waals surface area (Å²) in [4.78, 5) is 26.4. The van der Waals surface area contributed by atoms with Gasteiger partial charge in [-0.05, 0) is 61.9 Å². The number of hydrogen-bond donors (Lipinski definition) is 0. The molecular formula is C24H24ClNO5. The van der Waals surface area contributed by atoms with E-state index in [2.05, 4.69) is 0 Å². The van der Waals surface area contributed by atoms with Gasteiger partial charge in [0.2, 0.25) is 0 Å². The Hall–Kier alpha value is -2.83. The van der Waals surface area contributed by atoms with Crippen molar-refractivity contribution in [2.45, 2.75) is 20.0 Å². The molecule has 31 heavy (non-hydrogen) atoms. The lowest BCUT2D eigenvalue weighted by molar-refractivity contribution is -0.136. The van der Waals surface area contributed by atoms with E-state index in [-0.39, 0.29) is 24.4 Å². The van der Waals surface area contributed by atoms with Crippen LogP contribution in [0.4, 0.5) is 0 Å². The number of carbonyl (C=O) groups is 2. The van der Waals surface area contributed by atoms with Gasteiger partial charge < -0.3 is 19.1 Å². The van der Waals surface area contributed by atoms with E-state index in [4.69, 9.17) is 25.8 Å². The molecule has 162 valence electrons. The van der Waals surface area contributed by atoms with E-state index in [1.54, 1.807) is 36.1 Å². The summed E-state index contributed by atoms with van der Waals surface area (Å²) in [5.74, 6) is 1.35. The van der Waals surface area contributed by atoms with E-state index in [9.17, 15) is 9.59 Å². The lowest BCUT2D eigenvalue weighted by Crippen LogP contribution is -2.48. The number of aryl methyl sites for hydroxylation is 1. The number of hydrogen-bond acceptors (Lipinski definition) is 5. The lowest BCUT2D eigenvalue weighted by atomic mass is 10.1. The number of ketones is 1. The fourth-order valence-corrected chi connectivity index (χ4v) is 3.97. The second-order valence-corrected chi connectivity index (χ2v) is 8.16. The molecule has 0 aliphatic carbocycles. The first kappa shape index (κ1) is 21.4. The Labute approximate surface area is 186 Å². The van der Waals surface area contributed by atoms with E-state index in [1.807, 2.05) is 25.1 Å². The highest BCUT2D eigenvalue weighted by Crippen LogP contribution is 2.29. The van der Waals surface area contributed by atoms with Gasteiger partial charge in [0.25, 0.3) is 5.91 Å². The molecular weight excluding hydrogens is 418 g/mol. The van der Waals surface area contributed by atoms with Crippen LogP contribution >= 0.6 is 11.6 Å². The number of halogens is 1. The van der Waals surface area contributed by atoms with E-state index in [0.29, 0.717) is 48.2 Å². The van der Waals surface area contributed by atoms with Gasteiger partial charge in [0.15, 0.2) is 5.78 Å². The Balaban J connectivity index is 1.38. The summed E-state index contributed by atoms with van der Waals surface area (Å²) in [6, 6.07) is 10.8. The molecule has 1 fully saturated rings. The smallest absolute Gasteiger partial charge is 0.253 e. The molecule has 0 aromatic heterocycles. The molecule has 2 heterocycles. The van der Waals surface area contributed by atoms with Crippen molar-refractivity contribution in [1.29, 1.82) is 0 Å². The second-order valence-electron chi connectivity index (χ2n) is 7.73. The van der Waals surface area contributed by atoms with E-state index >= 15 is 0 Å². The minimum absolute atomic E-state index is 0.0275. The predicted molar refractivity (Wildman–Crippen MR) is 118 cm³/mol. The van der Waals surface area contributed by atoms with Crippen molar-refractivity contribution < 1.29 is 23.8 Å². The number of Topliss-reactive ketones (excluding diaryl/α,β-unsaturated/α-hetero) is 1. The molecule has 7 heteroatoms. The first-order chi connectivity index (χ1) is 14.9. The zero-order valence-electron chi connectivity index (χ0n) is 17.5. The molecule has 1 saturated heterocycles. The molecule has 1 unspecified atom stereocenters. The first-order valence-corrected chi connectivity index (χ1v) is 10.6. The standard InChI is InChI=1S/C24H24ClNO5/c1-15-9-20(4-5-22(15)16(2)27)30-14-21-12-26(7-8-29-21)24(28)18-10-17-11-19(25)3-6-23(17)31-13-18/h3-6,9-11,21H,7-8,12-14H2,1-2H3. The number of fused-ring (bicyclic) bond motifs is 1. The van der Waals surface area contributed by atoms with Crippen molar-refractivity contribution >= 4 is 29.4 Å². The number of amides is 1. The van der Waals surface area contributed by atoms with Crippen molar-refractivity contribution in [3.8, 4) is 11.5 Å². The highest BCUT2D eigenvalue weighted by Gasteiger charge is 2.28. The highest BCUT2D eigenvalue weighted by atomic mass is 35.5. The minimum Gasteiger partial charge on any atom is -0.491 e. The van der Waals surface area contributed by atoms with Gasteiger partial charge in [-0.25, -0.2) is 0 Å². The van der Waals surface area contributed by atoms with Crippen molar-refractivity contribution in [2.24, 2.45) is 0 Å². The fourth-order valence-electron chi connectivity index (χ4n) is 3.79. The summed E-state index contributed by atoms with van der Waals surface area (Å²) < 4.78 is 17.4. The molecule has 1 amide bonds. The number of nitrogens with zero attached hydrogens (tertiary/aromatic N) is 1. The lowest BCUT2D eigenvalue weighted by Gasteiger charge is -2.34. The van der Waals surface area contributed by atoms with Crippen LogP contribution < -0.4 is 9.47 Å². The van der Waals surface area contributed by atoms with Gasteiger partial charge in [0, 0.05) is 22.7 Å². The molecule has 0 radical (unpaired) electrons. The topological polar surface area (TPSA) is 65.1 Å². The largest absolute Gasteiger partial charge is 0.491 e. The zero-order valence-corrected chi connectivity index (χ0v) is 18.3. The van der Waals surface area contributed by atoms with Crippen LogP contribution in [0, 0.1) is 6.92 Å². The average Bonchev–Trinajstić information content (AvgIpc) is 2.76. The number of benzene rings is 2. The van der Waals surface area contributed by atoms with Crippen LogP contribution in [-0.2, 0) is 9.53 Å². The normalized spacial score (nSPS) is 18.0. The molecule has 2 aromatic carbocycles. The monoisotopic (exact) mass is 441 g/mol. The van der Waals surface area contributed by atoms with Gasteiger partial charge in [-0.3, -0.25) is 9.59 Å². The molecule has 0 N–H and O–H groups in total. The molecule has 2 aromatic rings. The molecule has 2 aliphatic rings. The summed E-state index contributed by atoms with van der Waals surface area (Å²) in [6.07, 6.45) is 1.60. The summed E-state index contributed by atoms with van der Waals surface area (Å²) in [5.41, 5.74) is 2.95. The molecule has 6 nitrogen and oxygen atoms in total. The maximum Gasteiger partial charge on any atom is 0.253 e. The molecule has 0 spiro atoms. The van der Waals surface area contributed by atoms with Crippen LogP contribution in [0.1, 0.15) is 28.4 Å². The summed E-state index contributed by atoms with van der Waals surface area (Å²) in [5, 5.41) is 0.599. The average molecular weight is 442 g/mol. The summed E-state index contributed by atoms with van der Waals surface area (Å²) in [6.45, 7) is 5.37. The zero-order chi connectivity index (χ0) is 22.0. The molecule has 1 atom stereocenters. The maximum absolute atomic E-state index is 13.0. The Bertz CT molecular complexity index is 1050. The Morgan fingerprint density at radius 3 is 2.84 bits per heavy atom. The molecule has 4 rings (SSSR count). The van der Waals surface area contributed by atoms with Gasteiger partial charge in [-0.15, -0.1) is 0 Å². The van der Waals surface area contributed by atoms with Gasteiger partial charge in [0.1, 0.15) is 30.8 Å². The third kappa shape index (κ3) is 4.92. The van der Waals surface area contributed by atoms with Crippen molar-refractivity contribution in [2.75, 3.05) is 32.9 Å². The number of morpholine rings is 1. The third-order valence-electron chi connectivity index (χ3n) is 5.40. The summed E-state index contributed by atoms with van der Waals surface area (Å²) in [7, 11) is 0. The van der Waals surface area contributed by atoms with Gasteiger partial charge in [-0.1, -0.05) is 11.6 Å². The molecule has 0 saturated carbocycles. The van der Waals surface area contributed by atoms with E-state index in [0.717, 1.165) is 16.9 Å². The van der Waals surface area contributed by atoms with Crippen molar-refractivity contribution in [1.82, 2.24) is 4.90 Å². The Morgan fingerprint density at radius 1 is 1.23 bits per heavy atom. The molecule has 0 bridgehead atoms. The van der Waals surface area contributed by atoms with Crippen molar-refractivity contribution in [3.63, 3.8) is 0 Å². The third-order valence-corrected chi connectivity index (χ3v) is 5.63. The van der Waals surface area contributed by atoms with Crippen LogP contribution in [-0.4, -0.2) is 55.6 Å². The molecule has 2 aliphatic heterocycles. The fraction of sp³-hybridized carbons (Fsp3) is 0.333. The van der Waals surface area contributed by atoms with E-state index < -0.39 is 0 Å².